The van der Waals surface area contributed by atoms with Crippen molar-refractivity contribution in [2.75, 3.05) is 20.2 Å². The Labute approximate surface area is 98.6 Å². The maximum atomic E-state index is 5.33. The highest BCUT2D eigenvalue weighted by Crippen LogP contribution is 2.15. The Kier molecular flexibility index (Phi) is 3.72. The van der Waals surface area contributed by atoms with Gasteiger partial charge in [-0.25, -0.2) is 4.98 Å². The molecule has 82 valence electrons. The lowest BCUT2D eigenvalue weighted by molar-refractivity contribution is 0.107. The van der Waals surface area contributed by atoms with E-state index in [1.54, 1.807) is 7.11 Å². The van der Waals surface area contributed by atoms with Crippen molar-refractivity contribution in [1.82, 2.24) is 9.88 Å². The van der Waals surface area contributed by atoms with Crippen molar-refractivity contribution >= 4 is 15.9 Å². The van der Waals surface area contributed by atoms with Crippen molar-refractivity contribution in [3.8, 4) is 0 Å². The quantitative estimate of drug-likeness (QED) is 0.787. The molecule has 0 saturated carbocycles. The van der Waals surface area contributed by atoms with Gasteiger partial charge in [0.15, 0.2) is 0 Å². The van der Waals surface area contributed by atoms with Crippen LogP contribution in [0.5, 0.6) is 0 Å². The van der Waals surface area contributed by atoms with E-state index in [1.807, 2.05) is 12.3 Å². The van der Waals surface area contributed by atoms with Gasteiger partial charge in [0.05, 0.1) is 6.10 Å². The zero-order valence-electron chi connectivity index (χ0n) is 8.82. The molecule has 0 aromatic carbocycles. The van der Waals surface area contributed by atoms with E-state index in [0.29, 0.717) is 6.10 Å². The van der Waals surface area contributed by atoms with E-state index in [2.05, 4.69) is 31.9 Å². The lowest BCUT2D eigenvalue weighted by Gasteiger charge is -2.15. The van der Waals surface area contributed by atoms with Gasteiger partial charge in [-0.2, -0.15) is 0 Å². The molecule has 1 fully saturated rings. The monoisotopic (exact) mass is 270 g/mol. The molecule has 1 atom stereocenters. The molecule has 15 heavy (non-hydrogen) atoms. The summed E-state index contributed by atoms with van der Waals surface area (Å²) >= 11 is 3.33. The normalized spacial score (nSPS) is 22.1. The van der Waals surface area contributed by atoms with Gasteiger partial charge < -0.3 is 4.74 Å². The number of pyridine rings is 1. The maximum Gasteiger partial charge on any atom is 0.106 e. The summed E-state index contributed by atoms with van der Waals surface area (Å²) in [6, 6.07) is 4.09. The highest BCUT2D eigenvalue weighted by Gasteiger charge is 2.21. The minimum atomic E-state index is 0.411. The first-order valence-corrected chi connectivity index (χ1v) is 5.93. The van der Waals surface area contributed by atoms with E-state index in [0.717, 1.165) is 30.7 Å². The molecule has 2 heterocycles. The van der Waals surface area contributed by atoms with Crippen LogP contribution in [0.2, 0.25) is 0 Å². The first-order chi connectivity index (χ1) is 7.28. The number of ether oxygens (including phenoxy) is 1. The van der Waals surface area contributed by atoms with Crippen LogP contribution in [-0.4, -0.2) is 36.2 Å². The summed E-state index contributed by atoms with van der Waals surface area (Å²) in [5.74, 6) is 0. The molecule has 3 nitrogen and oxygen atoms in total. The van der Waals surface area contributed by atoms with Crippen LogP contribution in [0.1, 0.15) is 12.0 Å². The molecule has 0 bridgehead atoms. The molecule has 0 aliphatic carbocycles. The number of halogens is 1. The Morgan fingerprint density at radius 2 is 2.47 bits per heavy atom. The van der Waals surface area contributed by atoms with Crippen LogP contribution in [-0.2, 0) is 11.3 Å². The van der Waals surface area contributed by atoms with Gasteiger partial charge in [0.1, 0.15) is 4.60 Å². The van der Waals surface area contributed by atoms with E-state index >= 15 is 0 Å². The summed E-state index contributed by atoms with van der Waals surface area (Å²) in [5, 5.41) is 0. The molecule has 0 radical (unpaired) electrons. The van der Waals surface area contributed by atoms with Crippen LogP contribution in [0, 0.1) is 0 Å². The van der Waals surface area contributed by atoms with E-state index in [1.165, 1.54) is 5.56 Å². The van der Waals surface area contributed by atoms with Crippen molar-refractivity contribution in [1.29, 1.82) is 0 Å². The molecule has 1 aromatic heterocycles. The smallest absolute Gasteiger partial charge is 0.106 e. The molecule has 1 aromatic rings. The SMILES string of the molecule is CO[C@@H]1CCN(Cc2ccc(Br)nc2)C1. The van der Waals surface area contributed by atoms with Crippen LogP contribution in [0.15, 0.2) is 22.9 Å². The third kappa shape index (κ3) is 3.00. The standard InChI is InChI=1S/C11H15BrN2O/c1-15-10-4-5-14(8-10)7-9-2-3-11(12)13-6-9/h2-3,6,10H,4-5,7-8H2,1H3/t10-/m1/s1. The van der Waals surface area contributed by atoms with E-state index in [-0.39, 0.29) is 0 Å². The number of hydrogen-bond acceptors (Lipinski definition) is 3. The van der Waals surface area contributed by atoms with Gasteiger partial charge in [-0.3, -0.25) is 4.90 Å². The topological polar surface area (TPSA) is 25.4 Å². The molecule has 0 unspecified atom stereocenters. The van der Waals surface area contributed by atoms with Gasteiger partial charge in [0.25, 0.3) is 0 Å². The Hall–Kier alpha value is -0.450. The fourth-order valence-electron chi connectivity index (χ4n) is 1.89. The summed E-state index contributed by atoms with van der Waals surface area (Å²) in [4.78, 5) is 6.62. The van der Waals surface area contributed by atoms with Crippen molar-refractivity contribution in [3.63, 3.8) is 0 Å². The minimum Gasteiger partial charge on any atom is -0.380 e. The van der Waals surface area contributed by atoms with Gasteiger partial charge in [-0.05, 0) is 34.0 Å². The van der Waals surface area contributed by atoms with Crippen molar-refractivity contribution in [3.05, 3.63) is 28.5 Å². The fraction of sp³-hybridized carbons (Fsp3) is 0.545. The van der Waals surface area contributed by atoms with Gasteiger partial charge in [0.2, 0.25) is 0 Å². The number of likely N-dealkylation sites (tertiary alicyclic amines) is 1. The number of hydrogen-bond donors (Lipinski definition) is 0. The van der Waals surface area contributed by atoms with Crippen LogP contribution < -0.4 is 0 Å². The second kappa shape index (κ2) is 5.05. The predicted octanol–water partition coefficient (Wildman–Crippen LogP) is 2.06. The molecule has 1 aliphatic rings. The van der Waals surface area contributed by atoms with Crippen LogP contribution in [0.25, 0.3) is 0 Å². The first-order valence-electron chi connectivity index (χ1n) is 5.13. The van der Waals surface area contributed by atoms with Crippen molar-refractivity contribution < 1.29 is 4.74 Å². The summed E-state index contributed by atoms with van der Waals surface area (Å²) in [7, 11) is 1.79. The average molecular weight is 271 g/mol. The third-order valence-corrected chi connectivity index (χ3v) is 3.23. The van der Waals surface area contributed by atoms with Crippen LogP contribution in [0.3, 0.4) is 0 Å². The number of nitrogens with zero attached hydrogens (tertiary/aromatic N) is 2. The molecule has 0 amide bonds. The van der Waals surface area contributed by atoms with E-state index in [9.17, 15) is 0 Å². The summed E-state index contributed by atoms with van der Waals surface area (Å²) in [5.41, 5.74) is 1.26. The van der Waals surface area contributed by atoms with Crippen molar-refractivity contribution in [2.45, 2.75) is 19.1 Å². The van der Waals surface area contributed by atoms with E-state index in [4.69, 9.17) is 4.74 Å². The second-order valence-electron chi connectivity index (χ2n) is 3.87. The summed E-state index contributed by atoms with van der Waals surface area (Å²) < 4.78 is 6.22. The molecule has 0 spiro atoms. The molecule has 2 rings (SSSR count). The zero-order chi connectivity index (χ0) is 10.7. The number of aromatic nitrogens is 1. The number of methoxy groups -OCH3 is 1. The minimum absolute atomic E-state index is 0.411. The second-order valence-corrected chi connectivity index (χ2v) is 4.68. The van der Waals surface area contributed by atoms with Gasteiger partial charge in [0, 0.05) is 32.9 Å². The zero-order valence-corrected chi connectivity index (χ0v) is 10.4. The molecule has 4 heteroatoms. The molecule has 1 aliphatic heterocycles. The Morgan fingerprint density at radius 1 is 1.60 bits per heavy atom. The Balaban J connectivity index is 1.90. The lowest BCUT2D eigenvalue weighted by Crippen LogP contribution is -2.22. The van der Waals surface area contributed by atoms with Gasteiger partial charge >= 0.3 is 0 Å². The van der Waals surface area contributed by atoms with Crippen LogP contribution in [0.4, 0.5) is 0 Å². The van der Waals surface area contributed by atoms with Gasteiger partial charge in [-0.1, -0.05) is 6.07 Å². The Bertz CT molecular complexity index is 315. The molecule has 0 N–H and O–H groups in total. The van der Waals surface area contributed by atoms with E-state index < -0.39 is 0 Å². The fourth-order valence-corrected chi connectivity index (χ4v) is 2.13. The predicted molar refractivity (Wildman–Crippen MR) is 62.6 cm³/mol. The largest absolute Gasteiger partial charge is 0.380 e. The lowest BCUT2D eigenvalue weighted by atomic mass is 10.3. The van der Waals surface area contributed by atoms with Crippen LogP contribution >= 0.6 is 15.9 Å². The van der Waals surface area contributed by atoms with Gasteiger partial charge in [-0.15, -0.1) is 0 Å². The highest BCUT2D eigenvalue weighted by atomic mass is 79.9. The Morgan fingerprint density at radius 3 is 3.07 bits per heavy atom. The summed E-state index contributed by atoms with van der Waals surface area (Å²) in [6.07, 6.45) is 3.47. The molecule has 1 saturated heterocycles. The maximum absolute atomic E-state index is 5.33. The van der Waals surface area contributed by atoms with Crippen molar-refractivity contribution in [2.24, 2.45) is 0 Å². The highest BCUT2D eigenvalue weighted by molar-refractivity contribution is 9.10. The average Bonchev–Trinajstić information content (AvgIpc) is 2.69. The first kappa shape index (κ1) is 11.0. The summed E-state index contributed by atoms with van der Waals surface area (Å²) in [6.45, 7) is 3.13. The number of rotatable bonds is 3. The third-order valence-electron chi connectivity index (χ3n) is 2.76. The molecular formula is C11H15BrN2O. The molecular weight excluding hydrogens is 256 g/mol.